The summed E-state index contributed by atoms with van der Waals surface area (Å²) in [6.45, 7) is 1.64. The number of anilines is 1. The number of hydrogen-bond acceptors (Lipinski definition) is 5. The summed E-state index contributed by atoms with van der Waals surface area (Å²) in [5.41, 5.74) is 1.32. The number of likely N-dealkylation sites (N-methyl/N-ethyl adjacent to an activating group) is 1. The van der Waals surface area contributed by atoms with E-state index in [4.69, 9.17) is 0 Å². The molecule has 1 amide bonds. The third-order valence-corrected chi connectivity index (χ3v) is 4.80. The van der Waals surface area contributed by atoms with Gasteiger partial charge in [0.2, 0.25) is 0 Å². The maximum atomic E-state index is 12.8. The van der Waals surface area contributed by atoms with Crippen LogP contribution in [-0.2, 0) is 0 Å². The topological polar surface area (TPSA) is 70.2 Å². The van der Waals surface area contributed by atoms with Crippen LogP contribution in [-0.4, -0.2) is 54.0 Å². The molecule has 2 aromatic rings. The van der Waals surface area contributed by atoms with Gasteiger partial charge < -0.3 is 15.5 Å². The van der Waals surface area contributed by atoms with E-state index in [1.807, 2.05) is 44.4 Å². The highest BCUT2D eigenvalue weighted by Crippen LogP contribution is 2.20. The number of carbonyl (C=O) groups excluding carboxylic acids is 1. The van der Waals surface area contributed by atoms with Gasteiger partial charge in [-0.2, -0.15) is 0 Å². The van der Waals surface area contributed by atoms with E-state index in [1.165, 1.54) is 19.3 Å². The van der Waals surface area contributed by atoms with Gasteiger partial charge in [0.15, 0.2) is 5.82 Å². The van der Waals surface area contributed by atoms with Crippen LogP contribution in [0.25, 0.3) is 11.4 Å². The maximum absolute atomic E-state index is 12.8. The van der Waals surface area contributed by atoms with Gasteiger partial charge >= 0.3 is 0 Å². The van der Waals surface area contributed by atoms with E-state index < -0.39 is 0 Å². The number of carbonyl (C=O) groups is 1. The number of aromatic nitrogens is 2. The van der Waals surface area contributed by atoms with Crippen molar-refractivity contribution in [2.45, 2.75) is 38.1 Å². The van der Waals surface area contributed by atoms with Crippen LogP contribution in [0, 0.1) is 0 Å². The molecule has 1 aromatic carbocycles. The lowest BCUT2D eigenvalue weighted by molar-refractivity contribution is 0.0922. The molecular formula is C21H29N5O. The summed E-state index contributed by atoms with van der Waals surface area (Å²) < 4.78 is 0. The first-order valence-corrected chi connectivity index (χ1v) is 9.76. The molecule has 0 spiro atoms. The Morgan fingerprint density at radius 1 is 1.11 bits per heavy atom. The minimum absolute atomic E-state index is 0.114. The van der Waals surface area contributed by atoms with Gasteiger partial charge in [0, 0.05) is 30.8 Å². The third kappa shape index (κ3) is 5.76. The van der Waals surface area contributed by atoms with Crippen LogP contribution in [0.1, 0.15) is 42.6 Å². The molecule has 2 N–H and O–H groups in total. The van der Waals surface area contributed by atoms with Crippen molar-refractivity contribution in [1.82, 2.24) is 20.2 Å². The van der Waals surface area contributed by atoms with Gasteiger partial charge in [-0.15, -0.1) is 0 Å². The zero-order chi connectivity index (χ0) is 19.1. The average Bonchev–Trinajstić information content (AvgIpc) is 2.69. The highest BCUT2D eigenvalue weighted by Gasteiger charge is 2.19. The molecule has 6 heteroatoms. The maximum Gasteiger partial charge on any atom is 0.270 e. The largest absolute Gasteiger partial charge is 0.369 e. The molecule has 1 aromatic heterocycles. The second-order valence-electron chi connectivity index (χ2n) is 7.37. The number of hydrogen-bond donors (Lipinski definition) is 2. The van der Waals surface area contributed by atoms with Crippen molar-refractivity contribution in [2.24, 2.45) is 0 Å². The van der Waals surface area contributed by atoms with Crippen molar-refractivity contribution in [3.63, 3.8) is 0 Å². The lowest BCUT2D eigenvalue weighted by Gasteiger charge is -2.22. The van der Waals surface area contributed by atoms with Crippen molar-refractivity contribution in [1.29, 1.82) is 0 Å². The Kier molecular flexibility index (Phi) is 6.76. The number of rotatable bonds is 7. The molecule has 1 fully saturated rings. The van der Waals surface area contributed by atoms with Gasteiger partial charge in [-0.05, 0) is 26.9 Å². The predicted octanol–water partition coefficient (Wildman–Crippen LogP) is 3.18. The van der Waals surface area contributed by atoms with E-state index in [2.05, 4.69) is 25.5 Å². The molecule has 1 aliphatic carbocycles. The standard InChI is InChI=1S/C21H29N5O/c1-26(2)14-13-22-19-15-18(21(27)23-17-11-7-4-8-12-17)24-20(25-19)16-9-5-3-6-10-16/h3,5-6,9-10,15,17H,4,7-8,11-14H2,1-2H3,(H,23,27)(H,22,24,25). The minimum atomic E-state index is -0.114. The van der Waals surface area contributed by atoms with E-state index in [0.717, 1.165) is 31.5 Å². The quantitative estimate of drug-likeness (QED) is 0.786. The van der Waals surface area contributed by atoms with E-state index in [-0.39, 0.29) is 11.9 Å². The molecule has 0 radical (unpaired) electrons. The molecule has 0 bridgehead atoms. The molecule has 1 aliphatic rings. The summed E-state index contributed by atoms with van der Waals surface area (Å²) in [4.78, 5) is 24.0. The Morgan fingerprint density at radius 2 is 1.85 bits per heavy atom. The molecule has 3 rings (SSSR count). The molecule has 0 unspecified atom stereocenters. The SMILES string of the molecule is CN(C)CCNc1cc(C(=O)NC2CCCCC2)nc(-c2ccccc2)n1. The number of nitrogens with zero attached hydrogens (tertiary/aromatic N) is 3. The molecular weight excluding hydrogens is 338 g/mol. The van der Waals surface area contributed by atoms with Gasteiger partial charge in [0.1, 0.15) is 11.5 Å². The van der Waals surface area contributed by atoms with Crippen molar-refractivity contribution in [3.05, 3.63) is 42.1 Å². The monoisotopic (exact) mass is 367 g/mol. The summed E-state index contributed by atoms with van der Waals surface area (Å²) in [5.74, 6) is 1.14. The van der Waals surface area contributed by atoms with Crippen LogP contribution < -0.4 is 10.6 Å². The third-order valence-electron chi connectivity index (χ3n) is 4.80. The van der Waals surface area contributed by atoms with E-state index in [9.17, 15) is 4.79 Å². The van der Waals surface area contributed by atoms with Crippen molar-refractivity contribution in [2.75, 3.05) is 32.5 Å². The number of benzene rings is 1. The summed E-state index contributed by atoms with van der Waals surface area (Å²) in [5, 5.41) is 6.46. The van der Waals surface area contributed by atoms with E-state index in [1.54, 1.807) is 6.07 Å². The molecule has 0 atom stereocenters. The van der Waals surface area contributed by atoms with Crippen molar-refractivity contribution in [3.8, 4) is 11.4 Å². The lowest BCUT2D eigenvalue weighted by atomic mass is 9.95. The van der Waals surface area contributed by atoms with Crippen LogP contribution in [0.5, 0.6) is 0 Å². The summed E-state index contributed by atoms with van der Waals surface area (Å²) in [6.07, 6.45) is 5.73. The molecule has 144 valence electrons. The Balaban J connectivity index is 1.81. The normalized spacial score (nSPS) is 14.9. The zero-order valence-corrected chi connectivity index (χ0v) is 16.2. The van der Waals surface area contributed by atoms with E-state index in [0.29, 0.717) is 17.3 Å². The Hall–Kier alpha value is -2.47. The van der Waals surface area contributed by atoms with Crippen LogP contribution in [0.4, 0.5) is 5.82 Å². The fourth-order valence-electron chi connectivity index (χ4n) is 3.28. The number of amides is 1. The summed E-state index contributed by atoms with van der Waals surface area (Å²) >= 11 is 0. The summed E-state index contributed by atoms with van der Waals surface area (Å²) in [7, 11) is 4.06. The van der Waals surface area contributed by atoms with Gasteiger partial charge in [0.25, 0.3) is 5.91 Å². The molecule has 27 heavy (non-hydrogen) atoms. The van der Waals surface area contributed by atoms with Gasteiger partial charge in [-0.3, -0.25) is 4.79 Å². The van der Waals surface area contributed by atoms with Gasteiger partial charge in [0.05, 0.1) is 0 Å². The second kappa shape index (κ2) is 9.46. The van der Waals surface area contributed by atoms with Crippen LogP contribution in [0.3, 0.4) is 0 Å². The highest BCUT2D eigenvalue weighted by molar-refractivity contribution is 5.93. The van der Waals surface area contributed by atoms with Crippen molar-refractivity contribution < 1.29 is 4.79 Å². The first-order chi connectivity index (χ1) is 13.1. The second-order valence-corrected chi connectivity index (χ2v) is 7.37. The average molecular weight is 367 g/mol. The zero-order valence-electron chi connectivity index (χ0n) is 16.2. The minimum Gasteiger partial charge on any atom is -0.369 e. The summed E-state index contributed by atoms with van der Waals surface area (Å²) in [6, 6.07) is 11.8. The van der Waals surface area contributed by atoms with Crippen LogP contribution >= 0.6 is 0 Å². The lowest BCUT2D eigenvalue weighted by Crippen LogP contribution is -2.36. The Morgan fingerprint density at radius 3 is 2.56 bits per heavy atom. The first-order valence-electron chi connectivity index (χ1n) is 9.76. The van der Waals surface area contributed by atoms with Gasteiger partial charge in [-0.1, -0.05) is 49.6 Å². The Bertz CT molecular complexity index is 741. The molecule has 6 nitrogen and oxygen atoms in total. The molecule has 0 aliphatic heterocycles. The Labute approximate surface area is 161 Å². The van der Waals surface area contributed by atoms with Crippen molar-refractivity contribution >= 4 is 11.7 Å². The van der Waals surface area contributed by atoms with Crippen LogP contribution in [0.2, 0.25) is 0 Å². The fourth-order valence-corrected chi connectivity index (χ4v) is 3.28. The molecule has 1 heterocycles. The van der Waals surface area contributed by atoms with Crippen LogP contribution in [0.15, 0.2) is 36.4 Å². The highest BCUT2D eigenvalue weighted by atomic mass is 16.1. The molecule has 1 saturated carbocycles. The van der Waals surface area contributed by atoms with E-state index >= 15 is 0 Å². The molecule has 0 saturated heterocycles. The number of nitrogens with one attached hydrogen (secondary N) is 2. The fraction of sp³-hybridized carbons (Fsp3) is 0.476. The first kappa shape index (κ1) is 19.3. The van der Waals surface area contributed by atoms with Gasteiger partial charge in [-0.25, -0.2) is 9.97 Å². The smallest absolute Gasteiger partial charge is 0.270 e. The predicted molar refractivity (Wildman–Crippen MR) is 109 cm³/mol.